The predicted octanol–water partition coefficient (Wildman–Crippen LogP) is 1.55. The maximum Gasteiger partial charge on any atom is 0.346 e. The largest absolute Gasteiger partial charge is 0.386 e. The van der Waals surface area contributed by atoms with E-state index in [1.807, 2.05) is 6.07 Å². The zero-order valence-corrected chi connectivity index (χ0v) is 7.56. The molecule has 0 atom stereocenters. The van der Waals surface area contributed by atoms with Gasteiger partial charge in [-0.3, -0.25) is 4.98 Å². The van der Waals surface area contributed by atoms with Crippen molar-refractivity contribution in [3.05, 3.63) is 41.6 Å². The molecule has 2 aromatic rings. The van der Waals surface area contributed by atoms with Gasteiger partial charge < -0.3 is 4.74 Å². The van der Waals surface area contributed by atoms with Crippen molar-refractivity contribution in [2.45, 2.75) is 0 Å². The number of ether oxygens (including phenoxy) is 1. The normalized spacial score (nSPS) is 14.1. The molecular weight excluding hydrogens is 194 g/mol. The van der Waals surface area contributed by atoms with Crippen molar-refractivity contribution in [3.63, 3.8) is 0 Å². The van der Waals surface area contributed by atoms with Gasteiger partial charge in [-0.05, 0) is 18.2 Å². The van der Waals surface area contributed by atoms with E-state index < -0.39 is 11.9 Å². The van der Waals surface area contributed by atoms with Crippen molar-refractivity contribution in [2.75, 3.05) is 0 Å². The number of cyclic esters (lactones) is 2. The first-order valence-corrected chi connectivity index (χ1v) is 4.41. The number of rotatable bonds is 0. The van der Waals surface area contributed by atoms with Crippen molar-refractivity contribution in [1.82, 2.24) is 4.98 Å². The summed E-state index contributed by atoms with van der Waals surface area (Å²) in [5, 5.41) is 0.822. The highest BCUT2D eigenvalue weighted by Gasteiger charge is 2.29. The van der Waals surface area contributed by atoms with Gasteiger partial charge in [-0.2, -0.15) is 0 Å². The number of carbonyl (C=O) groups is 2. The van der Waals surface area contributed by atoms with E-state index >= 15 is 0 Å². The van der Waals surface area contributed by atoms with E-state index in [-0.39, 0.29) is 0 Å². The van der Waals surface area contributed by atoms with Crippen molar-refractivity contribution < 1.29 is 14.3 Å². The molecule has 0 amide bonds. The summed E-state index contributed by atoms with van der Waals surface area (Å²) < 4.78 is 4.50. The number of hydrogen-bond donors (Lipinski definition) is 0. The van der Waals surface area contributed by atoms with Crippen molar-refractivity contribution in [3.8, 4) is 0 Å². The van der Waals surface area contributed by atoms with Crippen molar-refractivity contribution in [2.24, 2.45) is 0 Å². The lowest BCUT2D eigenvalue weighted by molar-refractivity contribution is 0.0444. The molecular formula is C11H5NO3. The summed E-state index contributed by atoms with van der Waals surface area (Å²) in [5.41, 5.74) is 1.30. The molecule has 1 aliphatic rings. The van der Waals surface area contributed by atoms with Crippen LogP contribution in [0, 0.1) is 0 Å². The average Bonchev–Trinajstić information content (AvgIpc) is 2.52. The zero-order chi connectivity index (χ0) is 10.4. The van der Waals surface area contributed by atoms with E-state index in [1.54, 1.807) is 24.4 Å². The molecule has 4 nitrogen and oxygen atoms in total. The monoisotopic (exact) mass is 199 g/mol. The Hall–Kier alpha value is -2.23. The standard InChI is InChI=1S/C11H5NO3/c13-10-7-4-6-2-1-3-12-9(6)5-8(7)11(14)15-10/h1-5H. The van der Waals surface area contributed by atoms with E-state index in [2.05, 4.69) is 9.72 Å². The maximum atomic E-state index is 11.3. The first-order valence-electron chi connectivity index (χ1n) is 4.41. The molecule has 3 rings (SSSR count). The van der Waals surface area contributed by atoms with Gasteiger partial charge in [0.05, 0.1) is 16.6 Å². The molecule has 1 aliphatic heterocycles. The highest BCUT2D eigenvalue weighted by atomic mass is 16.6. The summed E-state index contributed by atoms with van der Waals surface area (Å²) in [6.07, 6.45) is 1.64. The van der Waals surface area contributed by atoms with Gasteiger partial charge in [-0.15, -0.1) is 0 Å². The molecule has 1 aromatic carbocycles. The Labute approximate surface area is 84.5 Å². The number of esters is 2. The van der Waals surface area contributed by atoms with Gasteiger partial charge >= 0.3 is 11.9 Å². The van der Waals surface area contributed by atoms with Gasteiger partial charge in [0.1, 0.15) is 0 Å². The third kappa shape index (κ3) is 1.05. The number of nitrogens with zero attached hydrogens (tertiary/aromatic N) is 1. The van der Waals surface area contributed by atoms with E-state index in [0.717, 1.165) is 5.39 Å². The Morgan fingerprint density at radius 2 is 1.80 bits per heavy atom. The number of hydrogen-bond acceptors (Lipinski definition) is 4. The quantitative estimate of drug-likeness (QED) is 0.477. The van der Waals surface area contributed by atoms with Crippen LogP contribution >= 0.6 is 0 Å². The van der Waals surface area contributed by atoms with Gasteiger partial charge in [-0.25, -0.2) is 9.59 Å². The van der Waals surface area contributed by atoms with Crippen LogP contribution in [0.15, 0.2) is 30.5 Å². The van der Waals surface area contributed by atoms with Gasteiger partial charge in [0.2, 0.25) is 0 Å². The molecule has 0 fully saturated rings. The summed E-state index contributed by atoms with van der Waals surface area (Å²) >= 11 is 0. The van der Waals surface area contributed by atoms with Crippen LogP contribution in [0.5, 0.6) is 0 Å². The second-order valence-corrected chi connectivity index (χ2v) is 3.27. The van der Waals surface area contributed by atoms with Crippen molar-refractivity contribution in [1.29, 1.82) is 0 Å². The van der Waals surface area contributed by atoms with E-state index in [0.29, 0.717) is 16.6 Å². The smallest absolute Gasteiger partial charge is 0.346 e. The molecule has 15 heavy (non-hydrogen) atoms. The number of benzene rings is 1. The van der Waals surface area contributed by atoms with Crippen LogP contribution in [0.25, 0.3) is 10.9 Å². The fourth-order valence-electron chi connectivity index (χ4n) is 1.65. The van der Waals surface area contributed by atoms with Crippen LogP contribution in [-0.2, 0) is 4.74 Å². The number of pyridine rings is 1. The minimum atomic E-state index is -0.595. The highest BCUT2D eigenvalue weighted by Crippen LogP contribution is 2.24. The molecule has 4 heteroatoms. The molecule has 0 aliphatic carbocycles. The molecule has 0 unspecified atom stereocenters. The van der Waals surface area contributed by atoms with Crippen LogP contribution in [-0.4, -0.2) is 16.9 Å². The van der Waals surface area contributed by atoms with Crippen molar-refractivity contribution >= 4 is 22.8 Å². The van der Waals surface area contributed by atoms with Crippen LogP contribution in [0.3, 0.4) is 0 Å². The summed E-state index contributed by atoms with van der Waals surface area (Å²) in [5.74, 6) is -1.18. The number of fused-ring (bicyclic) bond motifs is 2. The molecule has 72 valence electrons. The fraction of sp³-hybridized carbons (Fsp3) is 0. The van der Waals surface area contributed by atoms with Crippen LogP contribution in [0.4, 0.5) is 0 Å². The second kappa shape index (κ2) is 2.63. The van der Waals surface area contributed by atoms with E-state index in [9.17, 15) is 9.59 Å². The molecule has 0 spiro atoms. The minimum Gasteiger partial charge on any atom is -0.386 e. The zero-order valence-electron chi connectivity index (χ0n) is 7.56. The molecule has 0 bridgehead atoms. The summed E-state index contributed by atoms with van der Waals surface area (Å²) in [6.45, 7) is 0. The maximum absolute atomic E-state index is 11.3. The second-order valence-electron chi connectivity index (χ2n) is 3.27. The van der Waals surface area contributed by atoms with Crippen LogP contribution < -0.4 is 0 Å². The summed E-state index contributed by atoms with van der Waals surface area (Å²) in [6, 6.07) is 6.82. The minimum absolute atomic E-state index is 0.297. The molecule has 1 aromatic heterocycles. The first-order chi connectivity index (χ1) is 7.25. The van der Waals surface area contributed by atoms with Crippen LogP contribution in [0.2, 0.25) is 0 Å². The van der Waals surface area contributed by atoms with Crippen LogP contribution in [0.1, 0.15) is 20.7 Å². The Morgan fingerprint density at radius 3 is 2.60 bits per heavy atom. The fourth-order valence-corrected chi connectivity index (χ4v) is 1.65. The van der Waals surface area contributed by atoms with E-state index in [1.165, 1.54) is 0 Å². The van der Waals surface area contributed by atoms with Gasteiger partial charge in [0.25, 0.3) is 0 Å². The third-order valence-electron chi connectivity index (χ3n) is 2.37. The van der Waals surface area contributed by atoms with Gasteiger partial charge in [0, 0.05) is 11.6 Å². The molecule has 0 N–H and O–H groups in total. The summed E-state index contributed by atoms with van der Waals surface area (Å²) in [7, 11) is 0. The first kappa shape index (κ1) is 8.11. The average molecular weight is 199 g/mol. The lowest BCUT2D eigenvalue weighted by Crippen LogP contribution is -1.96. The van der Waals surface area contributed by atoms with Gasteiger partial charge in [-0.1, -0.05) is 6.07 Å². The molecule has 0 saturated carbocycles. The Kier molecular flexibility index (Phi) is 1.42. The topological polar surface area (TPSA) is 56.3 Å². The SMILES string of the molecule is O=C1OC(=O)c2cc3ncccc3cc21. The Balaban J connectivity index is 2.41. The van der Waals surface area contributed by atoms with E-state index in [4.69, 9.17) is 0 Å². The predicted molar refractivity (Wildman–Crippen MR) is 51.5 cm³/mol. The molecule has 0 radical (unpaired) electrons. The molecule has 0 saturated heterocycles. The highest BCUT2D eigenvalue weighted by molar-refractivity contribution is 6.16. The van der Waals surface area contributed by atoms with Gasteiger partial charge in [0.15, 0.2) is 0 Å². The lowest BCUT2D eigenvalue weighted by atomic mass is 10.1. The summed E-state index contributed by atoms with van der Waals surface area (Å²) in [4.78, 5) is 26.6. The number of aromatic nitrogens is 1. The Bertz CT molecular complexity index is 551. The lowest BCUT2D eigenvalue weighted by Gasteiger charge is -1.97. The molecule has 2 heterocycles. The number of carbonyl (C=O) groups excluding carboxylic acids is 2. The Morgan fingerprint density at radius 1 is 1.07 bits per heavy atom. The third-order valence-corrected chi connectivity index (χ3v) is 2.37.